The van der Waals surface area contributed by atoms with E-state index in [9.17, 15) is 14.4 Å². The van der Waals surface area contributed by atoms with Gasteiger partial charge in [0.25, 0.3) is 5.91 Å². The molecule has 0 saturated heterocycles. The smallest absolute Gasteiger partial charge is 0.332 e. The van der Waals surface area contributed by atoms with Gasteiger partial charge in [0.05, 0.1) is 6.61 Å². The molecule has 0 radical (unpaired) electrons. The lowest BCUT2D eigenvalue weighted by atomic mass is 10.3. The SMILES string of the molecule is CCOC(=O)C(N)C(=O)Nc1nc(C(C)=O)cs1. The molecule has 1 heterocycles. The van der Waals surface area contributed by atoms with Crippen LogP contribution in [-0.2, 0) is 14.3 Å². The molecule has 0 spiro atoms. The van der Waals surface area contributed by atoms with Crippen molar-refractivity contribution in [1.29, 1.82) is 0 Å². The number of anilines is 1. The van der Waals surface area contributed by atoms with Crippen molar-refractivity contribution in [2.75, 3.05) is 11.9 Å². The number of Topliss-reactive ketones (excluding diaryl/α,β-unsaturated/α-hetero) is 1. The second-order valence-corrected chi connectivity index (χ2v) is 4.17. The van der Waals surface area contributed by atoms with E-state index in [2.05, 4.69) is 15.0 Å². The molecule has 1 aromatic heterocycles. The quantitative estimate of drug-likeness (QED) is 0.449. The molecule has 98 valence electrons. The number of nitrogens with two attached hydrogens (primary N) is 1. The molecule has 0 fully saturated rings. The van der Waals surface area contributed by atoms with Crippen LogP contribution >= 0.6 is 11.3 Å². The largest absolute Gasteiger partial charge is 0.464 e. The van der Waals surface area contributed by atoms with Crippen molar-refractivity contribution in [2.24, 2.45) is 5.73 Å². The maximum atomic E-state index is 11.6. The first-order valence-electron chi connectivity index (χ1n) is 5.15. The van der Waals surface area contributed by atoms with Gasteiger partial charge >= 0.3 is 5.97 Å². The van der Waals surface area contributed by atoms with Crippen LogP contribution < -0.4 is 11.1 Å². The number of aromatic nitrogens is 1. The summed E-state index contributed by atoms with van der Waals surface area (Å²) in [5.74, 6) is -1.74. The molecular formula is C10H13N3O4S. The van der Waals surface area contributed by atoms with E-state index >= 15 is 0 Å². The zero-order valence-corrected chi connectivity index (χ0v) is 10.7. The van der Waals surface area contributed by atoms with E-state index in [1.807, 2.05) is 0 Å². The van der Waals surface area contributed by atoms with E-state index in [1.165, 1.54) is 12.3 Å². The lowest BCUT2D eigenvalue weighted by Gasteiger charge is -2.09. The standard InChI is InChI=1S/C10H13N3O4S/c1-3-17-9(16)7(11)8(15)13-10-12-6(4-18-10)5(2)14/h4,7H,3,11H2,1-2H3,(H,12,13,15). The number of ketones is 1. The number of rotatable bonds is 5. The number of esters is 1. The van der Waals surface area contributed by atoms with E-state index in [-0.39, 0.29) is 23.2 Å². The molecule has 7 nitrogen and oxygen atoms in total. The minimum Gasteiger partial charge on any atom is -0.464 e. The fourth-order valence-corrected chi connectivity index (χ4v) is 1.77. The molecule has 0 aliphatic rings. The summed E-state index contributed by atoms with van der Waals surface area (Å²) in [6, 6.07) is -1.41. The van der Waals surface area contributed by atoms with E-state index in [0.29, 0.717) is 0 Å². The van der Waals surface area contributed by atoms with Gasteiger partial charge in [-0.25, -0.2) is 9.78 Å². The van der Waals surface area contributed by atoms with Crippen molar-refractivity contribution in [3.05, 3.63) is 11.1 Å². The molecule has 0 aromatic carbocycles. The van der Waals surface area contributed by atoms with Crippen molar-refractivity contribution in [3.63, 3.8) is 0 Å². The molecule has 0 saturated carbocycles. The van der Waals surface area contributed by atoms with Crippen LogP contribution in [0.25, 0.3) is 0 Å². The summed E-state index contributed by atoms with van der Waals surface area (Å²) in [6.45, 7) is 3.12. The molecule has 1 rings (SSSR count). The summed E-state index contributed by atoms with van der Waals surface area (Å²) in [4.78, 5) is 37.6. The first-order valence-corrected chi connectivity index (χ1v) is 6.03. The van der Waals surface area contributed by atoms with Crippen molar-refractivity contribution >= 4 is 34.1 Å². The molecule has 1 atom stereocenters. The number of nitrogens with one attached hydrogen (secondary N) is 1. The molecule has 8 heteroatoms. The van der Waals surface area contributed by atoms with E-state index in [4.69, 9.17) is 5.73 Å². The molecule has 18 heavy (non-hydrogen) atoms. The Bertz CT molecular complexity index is 471. The van der Waals surface area contributed by atoms with E-state index < -0.39 is 17.9 Å². The van der Waals surface area contributed by atoms with Crippen LogP contribution in [0.15, 0.2) is 5.38 Å². The van der Waals surface area contributed by atoms with Gasteiger partial charge in [-0.2, -0.15) is 0 Å². The summed E-state index contributed by atoms with van der Waals surface area (Å²) >= 11 is 1.08. The van der Waals surface area contributed by atoms with Crippen LogP contribution in [0, 0.1) is 0 Å². The summed E-state index contributed by atoms with van der Waals surface area (Å²) in [7, 11) is 0. The van der Waals surface area contributed by atoms with Crippen molar-refractivity contribution < 1.29 is 19.1 Å². The second-order valence-electron chi connectivity index (χ2n) is 3.31. The number of ether oxygens (including phenoxy) is 1. The summed E-state index contributed by atoms with van der Waals surface area (Å²) in [5.41, 5.74) is 5.63. The molecule has 0 aliphatic heterocycles. The maximum absolute atomic E-state index is 11.6. The second kappa shape index (κ2) is 6.22. The fourth-order valence-electron chi connectivity index (χ4n) is 1.02. The number of carbonyl (C=O) groups excluding carboxylic acids is 3. The first-order chi connectivity index (χ1) is 8.45. The summed E-state index contributed by atoms with van der Waals surface area (Å²) in [6.07, 6.45) is 0. The fraction of sp³-hybridized carbons (Fsp3) is 0.400. The molecule has 0 aliphatic carbocycles. The zero-order chi connectivity index (χ0) is 13.7. The van der Waals surface area contributed by atoms with Gasteiger partial charge in [0.1, 0.15) is 5.69 Å². The molecular weight excluding hydrogens is 258 g/mol. The van der Waals surface area contributed by atoms with Crippen molar-refractivity contribution in [2.45, 2.75) is 19.9 Å². The Kier molecular flexibility index (Phi) is 4.93. The van der Waals surface area contributed by atoms with E-state index in [1.54, 1.807) is 6.92 Å². The predicted octanol–water partition coefficient (Wildman–Crippen LogP) is 0.175. The van der Waals surface area contributed by atoms with E-state index in [0.717, 1.165) is 11.3 Å². The Morgan fingerprint density at radius 3 is 2.72 bits per heavy atom. The monoisotopic (exact) mass is 271 g/mol. The number of amides is 1. The van der Waals surface area contributed by atoms with Gasteiger partial charge < -0.3 is 15.8 Å². The number of nitrogens with zero attached hydrogens (tertiary/aromatic N) is 1. The zero-order valence-electron chi connectivity index (χ0n) is 9.93. The third-order valence-corrected chi connectivity index (χ3v) is 2.68. The van der Waals surface area contributed by atoms with Crippen LogP contribution in [0.2, 0.25) is 0 Å². The van der Waals surface area contributed by atoms with Crippen LogP contribution in [-0.4, -0.2) is 35.3 Å². The van der Waals surface area contributed by atoms with Crippen LogP contribution in [0.3, 0.4) is 0 Å². The molecule has 1 amide bonds. The maximum Gasteiger partial charge on any atom is 0.332 e. The van der Waals surface area contributed by atoms with Gasteiger partial charge in [0, 0.05) is 12.3 Å². The Morgan fingerprint density at radius 1 is 1.56 bits per heavy atom. The predicted molar refractivity (Wildman–Crippen MR) is 65.4 cm³/mol. The van der Waals surface area contributed by atoms with Gasteiger partial charge in [-0.15, -0.1) is 11.3 Å². The Hall–Kier alpha value is -1.80. The Balaban J connectivity index is 2.63. The van der Waals surface area contributed by atoms with Gasteiger partial charge in [0.15, 0.2) is 17.0 Å². The summed E-state index contributed by atoms with van der Waals surface area (Å²) < 4.78 is 4.61. The van der Waals surface area contributed by atoms with Gasteiger partial charge in [-0.1, -0.05) is 0 Å². The molecule has 3 N–H and O–H groups in total. The topological polar surface area (TPSA) is 111 Å². The van der Waals surface area contributed by atoms with Crippen LogP contribution in [0.5, 0.6) is 0 Å². The minimum atomic E-state index is -1.41. The van der Waals surface area contributed by atoms with Gasteiger partial charge in [-0.3, -0.25) is 9.59 Å². The lowest BCUT2D eigenvalue weighted by Crippen LogP contribution is -2.43. The van der Waals surface area contributed by atoms with Crippen molar-refractivity contribution in [3.8, 4) is 0 Å². The minimum absolute atomic E-state index is 0.144. The van der Waals surface area contributed by atoms with Crippen LogP contribution in [0.4, 0.5) is 5.13 Å². The highest BCUT2D eigenvalue weighted by Gasteiger charge is 2.24. The normalized spacial score (nSPS) is 11.7. The molecule has 1 aromatic rings. The first kappa shape index (κ1) is 14.3. The third-order valence-electron chi connectivity index (χ3n) is 1.92. The average Bonchev–Trinajstić information content (AvgIpc) is 2.77. The Labute approximate surface area is 107 Å². The number of carbonyl (C=O) groups is 3. The summed E-state index contributed by atoms with van der Waals surface area (Å²) in [5, 5.41) is 4.07. The Morgan fingerprint density at radius 2 is 2.22 bits per heavy atom. The number of hydrogen-bond acceptors (Lipinski definition) is 7. The molecule has 1 unspecified atom stereocenters. The van der Waals surface area contributed by atoms with Gasteiger partial charge in [0.2, 0.25) is 0 Å². The molecule has 0 bridgehead atoms. The average molecular weight is 271 g/mol. The van der Waals surface area contributed by atoms with Crippen LogP contribution in [0.1, 0.15) is 24.3 Å². The van der Waals surface area contributed by atoms with Crippen molar-refractivity contribution in [1.82, 2.24) is 4.98 Å². The highest BCUT2D eigenvalue weighted by molar-refractivity contribution is 7.14. The lowest BCUT2D eigenvalue weighted by molar-refractivity contribution is -0.146. The highest BCUT2D eigenvalue weighted by atomic mass is 32.1. The number of thiazole rings is 1. The highest BCUT2D eigenvalue weighted by Crippen LogP contribution is 2.15. The third kappa shape index (κ3) is 3.60. The van der Waals surface area contributed by atoms with Gasteiger partial charge in [-0.05, 0) is 6.92 Å². The number of hydrogen-bond donors (Lipinski definition) is 2.